The van der Waals surface area contributed by atoms with Crippen LogP contribution in [0.3, 0.4) is 0 Å². The molecule has 1 aliphatic heterocycles. The summed E-state index contributed by atoms with van der Waals surface area (Å²) < 4.78 is 0. The number of aryl methyl sites for hydroxylation is 1. The molecule has 0 radical (unpaired) electrons. The van der Waals surface area contributed by atoms with E-state index in [4.69, 9.17) is 18.0 Å². The molecule has 1 fully saturated rings. The van der Waals surface area contributed by atoms with E-state index in [9.17, 15) is 4.79 Å². The molecule has 0 aromatic carbocycles. The van der Waals surface area contributed by atoms with Gasteiger partial charge in [-0.25, -0.2) is 0 Å². The molecule has 1 aromatic rings. The fourth-order valence-corrected chi connectivity index (χ4v) is 2.52. The number of amides is 1. The van der Waals surface area contributed by atoms with Crippen LogP contribution in [0, 0.1) is 6.92 Å². The Bertz CT molecular complexity index is 512. The van der Waals surface area contributed by atoms with Gasteiger partial charge in [0, 0.05) is 38.1 Å². The zero-order chi connectivity index (χ0) is 14.7. The van der Waals surface area contributed by atoms with E-state index in [1.165, 1.54) is 0 Å². The van der Waals surface area contributed by atoms with Crippen molar-refractivity contribution in [2.75, 3.05) is 26.2 Å². The Hall–Kier alpha value is -1.53. The van der Waals surface area contributed by atoms with E-state index in [1.54, 1.807) is 12.3 Å². The van der Waals surface area contributed by atoms with Gasteiger partial charge in [0.2, 0.25) is 0 Å². The van der Waals surface area contributed by atoms with Crippen LogP contribution in [0.1, 0.15) is 23.0 Å². The van der Waals surface area contributed by atoms with Crippen LogP contribution in [-0.4, -0.2) is 57.9 Å². The van der Waals surface area contributed by atoms with Gasteiger partial charge in [-0.15, -0.1) is 0 Å². The molecule has 1 aromatic heterocycles. The number of hydrogen-bond acceptors (Lipinski definition) is 4. The molecular weight excluding hydrogens is 272 g/mol. The Labute approximate surface area is 124 Å². The van der Waals surface area contributed by atoms with Crippen LogP contribution in [-0.2, 0) is 0 Å². The summed E-state index contributed by atoms with van der Waals surface area (Å²) in [6, 6.07) is 3.71. The van der Waals surface area contributed by atoms with Crippen molar-refractivity contribution in [3.63, 3.8) is 0 Å². The topological polar surface area (TPSA) is 62.5 Å². The fraction of sp³-hybridized carbons (Fsp3) is 0.500. The number of aromatic nitrogens is 1. The predicted molar refractivity (Wildman–Crippen MR) is 82.7 cm³/mol. The third-order valence-electron chi connectivity index (χ3n) is 3.80. The van der Waals surface area contributed by atoms with Crippen molar-refractivity contribution in [1.29, 1.82) is 0 Å². The SMILES string of the molecule is Cc1ncccc1C(=O)N1CCN(C(C)C(N)=S)CC1. The second kappa shape index (κ2) is 6.28. The first kappa shape index (κ1) is 14.9. The van der Waals surface area contributed by atoms with Crippen LogP contribution in [0.15, 0.2) is 18.3 Å². The molecule has 5 nitrogen and oxygen atoms in total. The highest BCUT2D eigenvalue weighted by atomic mass is 32.1. The minimum absolute atomic E-state index is 0.0539. The number of piperazine rings is 1. The van der Waals surface area contributed by atoms with Gasteiger partial charge in [-0.2, -0.15) is 0 Å². The van der Waals surface area contributed by atoms with Crippen molar-refractivity contribution in [2.24, 2.45) is 5.73 Å². The fourth-order valence-electron chi connectivity index (χ4n) is 2.37. The summed E-state index contributed by atoms with van der Waals surface area (Å²) in [6.45, 7) is 6.84. The maximum atomic E-state index is 12.4. The van der Waals surface area contributed by atoms with Crippen LogP contribution in [0.5, 0.6) is 0 Å². The largest absolute Gasteiger partial charge is 0.392 e. The molecule has 20 heavy (non-hydrogen) atoms. The maximum Gasteiger partial charge on any atom is 0.255 e. The van der Waals surface area contributed by atoms with Crippen LogP contribution in [0.25, 0.3) is 0 Å². The molecule has 1 amide bonds. The van der Waals surface area contributed by atoms with Crippen molar-refractivity contribution < 1.29 is 4.79 Å². The summed E-state index contributed by atoms with van der Waals surface area (Å²) in [5, 5.41) is 0. The lowest BCUT2D eigenvalue weighted by molar-refractivity contribution is 0.0620. The molecule has 2 heterocycles. The lowest BCUT2D eigenvalue weighted by Crippen LogP contribution is -2.54. The lowest BCUT2D eigenvalue weighted by Gasteiger charge is -2.37. The van der Waals surface area contributed by atoms with Crippen LogP contribution in [0.2, 0.25) is 0 Å². The van der Waals surface area contributed by atoms with Gasteiger partial charge < -0.3 is 10.6 Å². The van der Waals surface area contributed by atoms with E-state index in [0.29, 0.717) is 23.6 Å². The molecule has 108 valence electrons. The molecule has 0 spiro atoms. The van der Waals surface area contributed by atoms with E-state index < -0.39 is 0 Å². The lowest BCUT2D eigenvalue weighted by atomic mass is 10.1. The zero-order valence-corrected chi connectivity index (χ0v) is 12.7. The molecule has 1 unspecified atom stereocenters. The van der Waals surface area contributed by atoms with Gasteiger partial charge in [-0.1, -0.05) is 12.2 Å². The highest BCUT2D eigenvalue weighted by Crippen LogP contribution is 2.12. The average Bonchev–Trinajstić information content (AvgIpc) is 2.46. The molecule has 0 bridgehead atoms. The van der Waals surface area contributed by atoms with E-state index in [1.807, 2.05) is 24.8 Å². The molecule has 1 atom stereocenters. The summed E-state index contributed by atoms with van der Waals surface area (Å²) in [5.41, 5.74) is 7.13. The number of thiocarbonyl (C=S) groups is 1. The first-order valence-electron chi connectivity index (χ1n) is 6.75. The smallest absolute Gasteiger partial charge is 0.255 e. The Kier molecular flexibility index (Phi) is 4.67. The highest BCUT2D eigenvalue weighted by molar-refractivity contribution is 7.80. The van der Waals surface area contributed by atoms with Gasteiger partial charge in [-0.05, 0) is 26.0 Å². The third kappa shape index (κ3) is 3.13. The van der Waals surface area contributed by atoms with Crippen LogP contribution < -0.4 is 5.73 Å². The quantitative estimate of drug-likeness (QED) is 0.836. The first-order valence-corrected chi connectivity index (χ1v) is 7.16. The minimum Gasteiger partial charge on any atom is -0.392 e. The van der Waals surface area contributed by atoms with E-state index >= 15 is 0 Å². The van der Waals surface area contributed by atoms with Crippen molar-refractivity contribution in [3.8, 4) is 0 Å². The maximum absolute atomic E-state index is 12.4. The van der Waals surface area contributed by atoms with Gasteiger partial charge in [0.15, 0.2) is 0 Å². The summed E-state index contributed by atoms with van der Waals surface area (Å²) in [7, 11) is 0. The van der Waals surface area contributed by atoms with Gasteiger partial charge in [-0.3, -0.25) is 14.7 Å². The molecule has 6 heteroatoms. The minimum atomic E-state index is 0.0539. The van der Waals surface area contributed by atoms with Gasteiger partial charge in [0.1, 0.15) is 0 Å². The van der Waals surface area contributed by atoms with Crippen LogP contribution >= 0.6 is 12.2 Å². The Morgan fingerprint density at radius 3 is 2.60 bits per heavy atom. The summed E-state index contributed by atoms with van der Waals surface area (Å²) in [6.07, 6.45) is 1.70. The predicted octanol–water partition coefficient (Wildman–Crippen LogP) is 0.822. The monoisotopic (exact) mass is 292 g/mol. The molecule has 1 aliphatic rings. The van der Waals surface area contributed by atoms with Gasteiger partial charge >= 0.3 is 0 Å². The Morgan fingerprint density at radius 1 is 1.40 bits per heavy atom. The highest BCUT2D eigenvalue weighted by Gasteiger charge is 2.26. The molecular formula is C14H20N4OS. The molecule has 2 rings (SSSR count). The number of hydrogen-bond donors (Lipinski definition) is 1. The molecule has 2 N–H and O–H groups in total. The van der Waals surface area contributed by atoms with Gasteiger partial charge in [0.05, 0.1) is 16.6 Å². The second-order valence-electron chi connectivity index (χ2n) is 5.04. The first-order chi connectivity index (χ1) is 9.50. The average molecular weight is 292 g/mol. The molecule has 1 saturated heterocycles. The Morgan fingerprint density at radius 2 is 2.05 bits per heavy atom. The van der Waals surface area contributed by atoms with Gasteiger partial charge in [0.25, 0.3) is 5.91 Å². The Balaban J connectivity index is 1.99. The summed E-state index contributed by atoms with van der Waals surface area (Å²) >= 11 is 5.02. The van der Waals surface area contributed by atoms with Crippen LogP contribution in [0.4, 0.5) is 0 Å². The van der Waals surface area contributed by atoms with Crippen molar-refractivity contribution in [1.82, 2.24) is 14.8 Å². The second-order valence-corrected chi connectivity index (χ2v) is 5.51. The number of carbonyl (C=O) groups excluding carboxylic acids is 1. The van der Waals surface area contributed by atoms with E-state index in [0.717, 1.165) is 18.8 Å². The summed E-state index contributed by atoms with van der Waals surface area (Å²) in [5.74, 6) is 0.0539. The van der Waals surface area contributed by atoms with E-state index in [-0.39, 0.29) is 11.9 Å². The van der Waals surface area contributed by atoms with Crippen molar-refractivity contribution >= 4 is 23.1 Å². The molecule has 0 aliphatic carbocycles. The molecule has 0 saturated carbocycles. The normalized spacial score (nSPS) is 17.8. The number of nitrogens with zero attached hydrogens (tertiary/aromatic N) is 3. The van der Waals surface area contributed by atoms with Crippen molar-refractivity contribution in [2.45, 2.75) is 19.9 Å². The number of rotatable bonds is 3. The number of nitrogens with two attached hydrogens (primary N) is 1. The summed E-state index contributed by atoms with van der Waals surface area (Å²) in [4.78, 5) is 21.2. The zero-order valence-electron chi connectivity index (χ0n) is 11.9. The number of pyridine rings is 1. The standard InChI is InChI=1S/C14H20N4OS/c1-10-12(4-3-5-16-10)14(19)18-8-6-17(7-9-18)11(2)13(15)20/h3-5,11H,6-9H2,1-2H3,(H2,15,20). The number of carbonyl (C=O) groups is 1. The van der Waals surface area contributed by atoms with Crippen molar-refractivity contribution in [3.05, 3.63) is 29.6 Å². The third-order valence-corrected chi connectivity index (χ3v) is 4.14. The van der Waals surface area contributed by atoms with E-state index in [2.05, 4.69) is 9.88 Å².